The van der Waals surface area contributed by atoms with E-state index in [2.05, 4.69) is 25.7 Å². The first-order valence-electron chi connectivity index (χ1n) is 10.9. The largest absolute Gasteiger partial charge is 0.103 e. The third-order valence-electron chi connectivity index (χ3n) is 4.69. The van der Waals surface area contributed by atoms with Crippen LogP contribution in [0.1, 0.15) is 136 Å². The van der Waals surface area contributed by atoms with E-state index >= 15 is 0 Å². The van der Waals surface area contributed by atoms with Gasteiger partial charge in [-0.25, -0.2) is 0 Å². The zero-order valence-corrected chi connectivity index (χ0v) is 16.4. The lowest BCUT2D eigenvalue weighted by Crippen LogP contribution is -1.82. The zero-order chi connectivity index (χ0) is 16.8. The minimum atomic E-state index is 1.13. The van der Waals surface area contributed by atoms with Crippen LogP contribution in [0, 0.1) is 11.8 Å². The molecule has 0 amide bonds. The molecule has 0 aromatic rings. The van der Waals surface area contributed by atoms with E-state index in [1.807, 2.05) is 0 Å². The first-order valence-corrected chi connectivity index (χ1v) is 10.9. The molecule has 0 aliphatic carbocycles. The number of rotatable bonds is 17. The third-order valence-corrected chi connectivity index (χ3v) is 4.69. The molecule has 0 aromatic carbocycles. The van der Waals surface area contributed by atoms with Crippen molar-refractivity contribution in [3.05, 3.63) is 0 Å². The van der Waals surface area contributed by atoms with Gasteiger partial charge in [0, 0.05) is 12.8 Å². The maximum absolute atomic E-state index is 3.37. The molecular weight excluding hydrogens is 276 g/mol. The smallest absolute Gasteiger partial charge is 0.00886 e. The zero-order valence-electron chi connectivity index (χ0n) is 16.4. The molecule has 0 atom stereocenters. The summed E-state index contributed by atoms with van der Waals surface area (Å²) in [5.74, 6) is 6.73. The Morgan fingerprint density at radius 3 is 0.913 bits per heavy atom. The normalized spacial score (nSPS) is 10.5. The van der Waals surface area contributed by atoms with Crippen molar-refractivity contribution in [2.45, 2.75) is 136 Å². The van der Waals surface area contributed by atoms with Crippen molar-refractivity contribution in [1.29, 1.82) is 0 Å². The van der Waals surface area contributed by atoms with Crippen molar-refractivity contribution in [2.24, 2.45) is 0 Å². The molecule has 23 heavy (non-hydrogen) atoms. The van der Waals surface area contributed by atoms with Gasteiger partial charge in [-0.2, -0.15) is 0 Å². The second kappa shape index (κ2) is 21.6. The highest BCUT2D eigenvalue weighted by molar-refractivity contribution is 4.98. The molecular formula is C23H44. The van der Waals surface area contributed by atoms with Crippen molar-refractivity contribution in [2.75, 3.05) is 0 Å². The SMILES string of the molecule is CCCCCCCCC#CCCCCCCCCCCCCC. The third kappa shape index (κ3) is 21.6. The van der Waals surface area contributed by atoms with Crippen LogP contribution >= 0.6 is 0 Å². The summed E-state index contributed by atoms with van der Waals surface area (Å²) in [4.78, 5) is 0. The molecule has 0 saturated heterocycles. The molecule has 0 N–H and O–H groups in total. The summed E-state index contributed by atoms with van der Waals surface area (Å²) in [6.45, 7) is 4.57. The summed E-state index contributed by atoms with van der Waals surface area (Å²) in [6, 6.07) is 0. The predicted molar refractivity (Wildman–Crippen MR) is 107 cm³/mol. The molecule has 0 nitrogen and oxygen atoms in total. The molecule has 0 rings (SSSR count). The van der Waals surface area contributed by atoms with E-state index < -0.39 is 0 Å². The first-order chi connectivity index (χ1) is 11.4. The van der Waals surface area contributed by atoms with Crippen LogP contribution in [0.3, 0.4) is 0 Å². The van der Waals surface area contributed by atoms with Crippen molar-refractivity contribution in [1.82, 2.24) is 0 Å². The summed E-state index contributed by atoms with van der Waals surface area (Å²) >= 11 is 0. The molecule has 0 heterocycles. The van der Waals surface area contributed by atoms with Gasteiger partial charge >= 0.3 is 0 Å². The van der Waals surface area contributed by atoms with Gasteiger partial charge in [0.2, 0.25) is 0 Å². The Kier molecular flexibility index (Phi) is 21.1. The maximum atomic E-state index is 3.37. The Morgan fingerprint density at radius 2 is 0.609 bits per heavy atom. The van der Waals surface area contributed by atoms with Gasteiger partial charge < -0.3 is 0 Å². The minimum Gasteiger partial charge on any atom is -0.103 e. The van der Waals surface area contributed by atoms with Gasteiger partial charge in [0.25, 0.3) is 0 Å². The summed E-state index contributed by atoms with van der Waals surface area (Å²) in [5.41, 5.74) is 0. The molecule has 136 valence electrons. The predicted octanol–water partition coefficient (Wildman–Crippen LogP) is 8.44. The Balaban J connectivity index is 3.06. The monoisotopic (exact) mass is 320 g/mol. The van der Waals surface area contributed by atoms with E-state index in [1.54, 1.807) is 0 Å². The van der Waals surface area contributed by atoms with Gasteiger partial charge in [0.1, 0.15) is 0 Å². The Labute approximate surface area is 148 Å². The Bertz CT molecular complexity index is 255. The first kappa shape index (κ1) is 22.6. The van der Waals surface area contributed by atoms with Gasteiger partial charge in [-0.05, 0) is 12.8 Å². The molecule has 0 bridgehead atoms. The van der Waals surface area contributed by atoms with Crippen molar-refractivity contribution in [3.8, 4) is 11.8 Å². The highest BCUT2D eigenvalue weighted by atomic mass is 14.0. The van der Waals surface area contributed by atoms with Crippen LogP contribution in [0.5, 0.6) is 0 Å². The number of hydrogen-bond acceptors (Lipinski definition) is 0. The van der Waals surface area contributed by atoms with Crippen LogP contribution in [-0.4, -0.2) is 0 Å². The highest BCUT2D eigenvalue weighted by Gasteiger charge is 1.92. The van der Waals surface area contributed by atoms with Crippen LogP contribution in [0.25, 0.3) is 0 Å². The standard InChI is InChI=1S/C23H44/c1-3-5-7-9-11-13-15-17-19-21-23-22-20-18-16-14-12-10-8-6-4-2/h3-17,19,21-23H2,1-2H3. The lowest BCUT2D eigenvalue weighted by atomic mass is 10.1. The molecule has 0 radical (unpaired) electrons. The summed E-state index contributed by atoms with van der Waals surface area (Å²) in [6.07, 6.45) is 26.2. The molecule has 0 aliphatic heterocycles. The lowest BCUT2D eigenvalue weighted by molar-refractivity contribution is 0.551. The van der Waals surface area contributed by atoms with Gasteiger partial charge in [-0.1, -0.05) is 110 Å². The molecule has 0 fully saturated rings. The fraction of sp³-hybridized carbons (Fsp3) is 0.913. The van der Waals surface area contributed by atoms with Crippen LogP contribution in [0.2, 0.25) is 0 Å². The van der Waals surface area contributed by atoms with Crippen LogP contribution in [0.4, 0.5) is 0 Å². The van der Waals surface area contributed by atoms with Crippen molar-refractivity contribution in [3.63, 3.8) is 0 Å². The highest BCUT2D eigenvalue weighted by Crippen LogP contribution is 2.11. The van der Waals surface area contributed by atoms with Gasteiger partial charge in [0.15, 0.2) is 0 Å². The average Bonchev–Trinajstić information content (AvgIpc) is 2.57. The van der Waals surface area contributed by atoms with E-state index in [1.165, 1.54) is 109 Å². The van der Waals surface area contributed by atoms with E-state index in [4.69, 9.17) is 0 Å². The van der Waals surface area contributed by atoms with Crippen LogP contribution in [-0.2, 0) is 0 Å². The summed E-state index contributed by atoms with van der Waals surface area (Å²) in [5, 5.41) is 0. The molecule has 0 saturated carbocycles. The summed E-state index contributed by atoms with van der Waals surface area (Å²) < 4.78 is 0. The second-order valence-corrected chi connectivity index (χ2v) is 7.16. The van der Waals surface area contributed by atoms with Crippen molar-refractivity contribution < 1.29 is 0 Å². The summed E-state index contributed by atoms with van der Waals surface area (Å²) in [7, 11) is 0. The molecule has 0 unspecified atom stereocenters. The average molecular weight is 321 g/mol. The van der Waals surface area contributed by atoms with E-state index in [0.29, 0.717) is 0 Å². The van der Waals surface area contributed by atoms with Gasteiger partial charge in [-0.3, -0.25) is 0 Å². The lowest BCUT2D eigenvalue weighted by Gasteiger charge is -2.01. The molecule has 0 heteroatoms. The molecule has 0 spiro atoms. The quantitative estimate of drug-likeness (QED) is 0.186. The van der Waals surface area contributed by atoms with Crippen LogP contribution < -0.4 is 0 Å². The van der Waals surface area contributed by atoms with E-state index in [9.17, 15) is 0 Å². The van der Waals surface area contributed by atoms with Gasteiger partial charge in [0.05, 0.1) is 0 Å². The Morgan fingerprint density at radius 1 is 0.348 bits per heavy atom. The second-order valence-electron chi connectivity index (χ2n) is 7.16. The van der Waals surface area contributed by atoms with Crippen LogP contribution in [0.15, 0.2) is 0 Å². The van der Waals surface area contributed by atoms with E-state index in [-0.39, 0.29) is 0 Å². The number of unbranched alkanes of at least 4 members (excludes halogenated alkanes) is 17. The van der Waals surface area contributed by atoms with Crippen molar-refractivity contribution >= 4 is 0 Å². The molecule has 0 aromatic heterocycles. The minimum absolute atomic E-state index is 1.13. The fourth-order valence-electron chi connectivity index (χ4n) is 3.05. The van der Waals surface area contributed by atoms with Gasteiger partial charge in [-0.15, -0.1) is 11.8 Å². The maximum Gasteiger partial charge on any atom is 0.00886 e. The topological polar surface area (TPSA) is 0 Å². The van der Waals surface area contributed by atoms with E-state index in [0.717, 1.165) is 12.8 Å². The Hall–Kier alpha value is -0.440. The fourth-order valence-corrected chi connectivity index (χ4v) is 3.05. The number of hydrogen-bond donors (Lipinski definition) is 0. The molecule has 0 aliphatic rings.